The van der Waals surface area contributed by atoms with E-state index in [0.29, 0.717) is 42.9 Å². The van der Waals surface area contributed by atoms with Gasteiger partial charge in [0.1, 0.15) is 0 Å². The lowest BCUT2D eigenvalue weighted by Crippen LogP contribution is -2.50. The van der Waals surface area contributed by atoms with Gasteiger partial charge in [-0.3, -0.25) is 9.59 Å². The number of benzene rings is 1. The minimum atomic E-state index is -0.846. The average molecular weight is 367 g/mol. The molecule has 0 radical (unpaired) electrons. The number of aromatic nitrogens is 2. The number of aliphatic carboxylic acids is 1. The second-order valence-corrected chi connectivity index (χ2v) is 7.22. The van der Waals surface area contributed by atoms with Crippen molar-refractivity contribution in [2.45, 2.75) is 39.5 Å². The molecular weight excluding hydrogens is 342 g/mol. The molecule has 6 heteroatoms. The van der Waals surface area contributed by atoms with Crippen LogP contribution in [0.3, 0.4) is 0 Å². The van der Waals surface area contributed by atoms with E-state index < -0.39 is 11.4 Å². The predicted molar refractivity (Wildman–Crippen MR) is 102 cm³/mol. The highest BCUT2D eigenvalue weighted by molar-refractivity contribution is 5.95. The first-order valence-corrected chi connectivity index (χ1v) is 9.38. The van der Waals surface area contributed by atoms with Gasteiger partial charge in [0, 0.05) is 24.8 Å². The lowest BCUT2D eigenvalue weighted by Gasteiger charge is -2.40. The maximum atomic E-state index is 13.0. The topological polar surface area (TPSA) is 83.4 Å². The molecule has 0 unspecified atom stereocenters. The van der Waals surface area contributed by atoms with Gasteiger partial charge in [-0.2, -0.15) is 0 Å². The Morgan fingerprint density at radius 3 is 2.63 bits per heavy atom. The summed E-state index contributed by atoms with van der Waals surface area (Å²) in [6.07, 6.45) is 4.23. The van der Waals surface area contributed by atoms with Crippen LogP contribution in [0.1, 0.15) is 48.7 Å². The maximum absolute atomic E-state index is 13.0. The summed E-state index contributed by atoms with van der Waals surface area (Å²) in [4.78, 5) is 35.4. The summed E-state index contributed by atoms with van der Waals surface area (Å²) in [6.45, 7) is 4.58. The Bertz CT molecular complexity index is 834. The summed E-state index contributed by atoms with van der Waals surface area (Å²) in [5, 5.41) is 9.74. The Labute approximate surface area is 159 Å². The highest BCUT2D eigenvalue weighted by atomic mass is 16.4. The second-order valence-electron chi connectivity index (χ2n) is 7.22. The highest BCUT2D eigenvalue weighted by Gasteiger charge is 2.43. The van der Waals surface area contributed by atoms with Crippen LogP contribution in [0, 0.1) is 12.3 Å². The molecule has 1 atom stereocenters. The van der Waals surface area contributed by atoms with E-state index >= 15 is 0 Å². The molecule has 142 valence electrons. The Hall–Kier alpha value is -2.76. The SMILES string of the molecule is CCC[C@]1(C(=O)O)CCCN(C(=O)c2cnc(-c3ccccc3)nc2C)C1. The molecule has 1 aliphatic rings. The number of rotatable bonds is 5. The van der Waals surface area contributed by atoms with Gasteiger partial charge in [-0.25, -0.2) is 9.97 Å². The number of amides is 1. The minimum absolute atomic E-state index is 0.187. The lowest BCUT2D eigenvalue weighted by molar-refractivity contribution is -0.152. The number of hydrogen-bond acceptors (Lipinski definition) is 4. The fraction of sp³-hybridized carbons (Fsp3) is 0.429. The van der Waals surface area contributed by atoms with Crippen LogP contribution in [0.15, 0.2) is 36.5 Å². The molecule has 0 aliphatic carbocycles. The first-order chi connectivity index (χ1) is 13.0. The number of nitrogens with zero attached hydrogens (tertiary/aromatic N) is 3. The highest BCUT2D eigenvalue weighted by Crippen LogP contribution is 2.35. The van der Waals surface area contributed by atoms with Crippen molar-refractivity contribution >= 4 is 11.9 Å². The zero-order valence-electron chi connectivity index (χ0n) is 15.8. The number of likely N-dealkylation sites (tertiary alicyclic amines) is 1. The molecule has 1 amide bonds. The summed E-state index contributed by atoms with van der Waals surface area (Å²) in [7, 11) is 0. The molecule has 1 N–H and O–H groups in total. The fourth-order valence-corrected chi connectivity index (χ4v) is 3.84. The number of aryl methyl sites for hydroxylation is 1. The van der Waals surface area contributed by atoms with Crippen molar-refractivity contribution in [1.29, 1.82) is 0 Å². The maximum Gasteiger partial charge on any atom is 0.311 e. The number of carboxylic acids is 1. The van der Waals surface area contributed by atoms with Crippen molar-refractivity contribution < 1.29 is 14.7 Å². The largest absolute Gasteiger partial charge is 0.481 e. The van der Waals surface area contributed by atoms with E-state index in [1.165, 1.54) is 0 Å². The molecule has 1 fully saturated rings. The number of carbonyl (C=O) groups excluding carboxylic acids is 1. The number of piperidine rings is 1. The van der Waals surface area contributed by atoms with E-state index in [2.05, 4.69) is 9.97 Å². The molecule has 6 nitrogen and oxygen atoms in total. The predicted octanol–water partition coefficient (Wildman–Crippen LogP) is 3.56. The van der Waals surface area contributed by atoms with Crippen LogP contribution in [0.4, 0.5) is 0 Å². The monoisotopic (exact) mass is 367 g/mol. The van der Waals surface area contributed by atoms with Crippen LogP contribution in [0.2, 0.25) is 0 Å². The van der Waals surface area contributed by atoms with E-state index in [9.17, 15) is 14.7 Å². The number of hydrogen-bond donors (Lipinski definition) is 1. The molecule has 1 aromatic carbocycles. The summed E-state index contributed by atoms with van der Waals surface area (Å²) >= 11 is 0. The molecule has 1 aliphatic heterocycles. The van der Waals surface area contributed by atoms with Crippen LogP contribution < -0.4 is 0 Å². The van der Waals surface area contributed by atoms with Gasteiger partial charge in [0.15, 0.2) is 5.82 Å². The first kappa shape index (κ1) is 19.0. The molecule has 0 bridgehead atoms. The number of carbonyl (C=O) groups is 2. The third-order valence-corrected chi connectivity index (χ3v) is 5.29. The van der Waals surface area contributed by atoms with Crippen LogP contribution >= 0.6 is 0 Å². The van der Waals surface area contributed by atoms with E-state index in [1.807, 2.05) is 37.3 Å². The first-order valence-electron chi connectivity index (χ1n) is 9.38. The molecule has 3 rings (SSSR count). The van der Waals surface area contributed by atoms with Gasteiger partial charge in [-0.15, -0.1) is 0 Å². The van der Waals surface area contributed by atoms with Gasteiger partial charge in [0.25, 0.3) is 5.91 Å². The van der Waals surface area contributed by atoms with Gasteiger partial charge in [-0.1, -0.05) is 43.7 Å². The van der Waals surface area contributed by atoms with Crippen molar-refractivity contribution in [3.8, 4) is 11.4 Å². The third kappa shape index (κ3) is 3.84. The van der Waals surface area contributed by atoms with Crippen molar-refractivity contribution in [3.05, 3.63) is 47.8 Å². The van der Waals surface area contributed by atoms with E-state index in [4.69, 9.17) is 0 Å². The standard InChI is InChI=1S/C21H25N3O3/c1-3-10-21(20(26)27)11-7-12-24(14-21)19(25)17-13-22-18(23-15(17)2)16-8-5-4-6-9-16/h4-6,8-9,13H,3,7,10-12,14H2,1-2H3,(H,26,27)/t21-/m0/s1. The third-order valence-electron chi connectivity index (χ3n) is 5.29. The summed E-state index contributed by atoms with van der Waals surface area (Å²) < 4.78 is 0. The van der Waals surface area contributed by atoms with Crippen molar-refractivity contribution in [2.75, 3.05) is 13.1 Å². The molecule has 0 saturated carbocycles. The van der Waals surface area contributed by atoms with Gasteiger partial charge < -0.3 is 10.0 Å². The zero-order chi connectivity index (χ0) is 19.4. The van der Waals surface area contributed by atoms with Gasteiger partial charge in [-0.05, 0) is 26.2 Å². The summed E-state index contributed by atoms with van der Waals surface area (Å²) in [5.41, 5.74) is 1.09. The Kier molecular flexibility index (Phi) is 5.54. The normalized spacial score (nSPS) is 19.7. The van der Waals surface area contributed by atoms with Crippen molar-refractivity contribution in [2.24, 2.45) is 5.41 Å². The molecule has 1 aromatic heterocycles. The van der Waals surface area contributed by atoms with E-state index in [0.717, 1.165) is 12.0 Å². The molecule has 1 saturated heterocycles. The fourth-order valence-electron chi connectivity index (χ4n) is 3.84. The van der Waals surface area contributed by atoms with Crippen LogP contribution in [0.5, 0.6) is 0 Å². The lowest BCUT2D eigenvalue weighted by atomic mass is 9.76. The quantitative estimate of drug-likeness (QED) is 0.873. The van der Waals surface area contributed by atoms with Gasteiger partial charge in [0.2, 0.25) is 0 Å². The zero-order valence-corrected chi connectivity index (χ0v) is 15.8. The van der Waals surface area contributed by atoms with Crippen LogP contribution in [0.25, 0.3) is 11.4 Å². The Morgan fingerprint density at radius 1 is 1.26 bits per heavy atom. The molecule has 0 spiro atoms. The average Bonchev–Trinajstić information content (AvgIpc) is 2.68. The second kappa shape index (κ2) is 7.86. The van der Waals surface area contributed by atoms with Crippen molar-refractivity contribution in [3.63, 3.8) is 0 Å². The van der Waals surface area contributed by atoms with Gasteiger partial charge >= 0.3 is 5.97 Å². The van der Waals surface area contributed by atoms with Gasteiger partial charge in [0.05, 0.1) is 16.7 Å². The summed E-state index contributed by atoms with van der Waals surface area (Å²) in [5.74, 6) is -0.419. The molecule has 27 heavy (non-hydrogen) atoms. The minimum Gasteiger partial charge on any atom is -0.481 e. The smallest absolute Gasteiger partial charge is 0.311 e. The molecule has 2 heterocycles. The Morgan fingerprint density at radius 2 is 2.00 bits per heavy atom. The molecule has 2 aromatic rings. The van der Waals surface area contributed by atoms with Crippen molar-refractivity contribution in [1.82, 2.24) is 14.9 Å². The van der Waals surface area contributed by atoms with Crippen LogP contribution in [-0.4, -0.2) is 44.9 Å². The van der Waals surface area contributed by atoms with E-state index in [-0.39, 0.29) is 12.5 Å². The van der Waals surface area contributed by atoms with Crippen LogP contribution in [-0.2, 0) is 4.79 Å². The summed E-state index contributed by atoms with van der Waals surface area (Å²) in [6, 6.07) is 9.61. The Balaban J connectivity index is 1.84. The number of carboxylic acid groups (broad SMARTS) is 1. The van der Waals surface area contributed by atoms with E-state index in [1.54, 1.807) is 18.0 Å². The molecular formula is C21H25N3O3.